The molecule has 1 nitrogen and oxygen atoms in total. The summed E-state index contributed by atoms with van der Waals surface area (Å²) in [6, 6.07) is 0. The second kappa shape index (κ2) is 4.35. The molecular formula is C19H30O. The lowest BCUT2D eigenvalue weighted by atomic mass is 9.47. The highest BCUT2D eigenvalue weighted by Gasteiger charge is 2.57. The second-order valence-electron chi connectivity index (χ2n) is 8.68. The van der Waals surface area contributed by atoms with Gasteiger partial charge >= 0.3 is 0 Å². The average molecular weight is 274 g/mol. The van der Waals surface area contributed by atoms with E-state index in [-0.39, 0.29) is 6.10 Å². The molecule has 0 saturated heterocycles. The Morgan fingerprint density at radius 3 is 2.70 bits per heavy atom. The van der Waals surface area contributed by atoms with Crippen molar-refractivity contribution in [1.82, 2.24) is 0 Å². The maximum atomic E-state index is 10.8. The van der Waals surface area contributed by atoms with Crippen molar-refractivity contribution < 1.29 is 5.11 Å². The van der Waals surface area contributed by atoms with Gasteiger partial charge in [-0.2, -0.15) is 0 Å². The van der Waals surface area contributed by atoms with Gasteiger partial charge in [-0.05, 0) is 73.5 Å². The van der Waals surface area contributed by atoms with Gasteiger partial charge in [0.05, 0.1) is 6.10 Å². The quantitative estimate of drug-likeness (QED) is 0.635. The summed E-state index contributed by atoms with van der Waals surface area (Å²) < 4.78 is 0. The molecule has 3 fully saturated rings. The number of hydrogen-bond acceptors (Lipinski definition) is 1. The molecule has 0 aliphatic heterocycles. The number of aliphatic hydroxyl groups is 1. The molecule has 4 aliphatic carbocycles. The van der Waals surface area contributed by atoms with Crippen LogP contribution in [0, 0.1) is 28.6 Å². The minimum atomic E-state index is -0.149. The molecule has 0 heterocycles. The third-order valence-electron chi connectivity index (χ3n) is 7.82. The van der Waals surface area contributed by atoms with Gasteiger partial charge in [-0.15, -0.1) is 0 Å². The molecule has 4 rings (SSSR count). The lowest BCUT2D eigenvalue weighted by Gasteiger charge is -2.58. The van der Waals surface area contributed by atoms with Crippen LogP contribution in [-0.2, 0) is 0 Å². The number of aliphatic hydroxyl groups excluding tert-OH is 1. The number of fused-ring (bicyclic) bond motifs is 5. The van der Waals surface area contributed by atoms with E-state index in [2.05, 4.69) is 19.9 Å². The first kappa shape index (κ1) is 13.4. The fraction of sp³-hybridized carbons (Fsp3) is 0.895. The zero-order chi connectivity index (χ0) is 14.0. The van der Waals surface area contributed by atoms with Crippen LogP contribution in [0.1, 0.15) is 71.6 Å². The Labute approximate surface area is 123 Å². The predicted octanol–water partition coefficient (Wildman–Crippen LogP) is 4.70. The number of allylic oxidation sites excluding steroid dienone is 1. The van der Waals surface area contributed by atoms with Crippen LogP contribution < -0.4 is 0 Å². The van der Waals surface area contributed by atoms with Crippen molar-refractivity contribution in [3.8, 4) is 0 Å². The molecule has 112 valence electrons. The van der Waals surface area contributed by atoms with Crippen LogP contribution in [0.2, 0.25) is 0 Å². The van der Waals surface area contributed by atoms with Gasteiger partial charge in [0.15, 0.2) is 0 Å². The first-order chi connectivity index (χ1) is 9.55. The van der Waals surface area contributed by atoms with Crippen molar-refractivity contribution in [3.05, 3.63) is 11.6 Å². The van der Waals surface area contributed by atoms with E-state index in [9.17, 15) is 5.11 Å². The Balaban J connectivity index is 1.75. The van der Waals surface area contributed by atoms with E-state index in [4.69, 9.17) is 0 Å². The smallest absolute Gasteiger partial charge is 0.0757 e. The SMILES string of the molecule is C[C@@]12CCC[C@H]1[C@@H]1C(O)C=C3CCCC[C@]3(C)[C@H]1CC2. The molecular weight excluding hydrogens is 244 g/mol. The van der Waals surface area contributed by atoms with Crippen molar-refractivity contribution in [2.75, 3.05) is 0 Å². The molecule has 20 heavy (non-hydrogen) atoms. The second-order valence-corrected chi connectivity index (χ2v) is 8.68. The maximum Gasteiger partial charge on any atom is 0.0757 e. The maximum absolute atomic E-state index is 10.8. The molecule has 0 aromatic rings. The molecule has 0 radical (unpaired) electrons. The van der Waals surface area contributed by atoms with Crippen LogP contribution in [0.5, 0.6) is 0 Å². The van der Waals surface area contributed by atoms with Gasteiger partial charge in [0, 0.05) is 0 Å². The molecule has 0 amide bonds. The van der Waals surface area contributed by atoms with Crippen molar-refractivity contribution in [1.29, 1.82) is 0 Å². The Kier molecular flexibility index (Phi) is 2.91. The standard InChI is InChI=1S/C19H30O/c1-18-9-5-7-14(18)17-15(8-11-18)19(2)10-4-3-6-13(19)12-16(17)20/h12,14-17,20H,3-11H2,1-2H3/t14-,15-,16?,17-,18-,19-/m0/s1. The summed E-state index contributed by atoms with van der Waals surface area (Å²) in [6.45, 7) is 5.04. The fourth-order valence-corrected chi connectivity index (χ4v) is 6.67. The van der Waals surface area contributed by atoms with Gasteiger partial charge in [0.1, 0.15) is 0 Å². The highest BCUT2D eigenvalue weighted by molar-refractivity contribution is 5.26. The van der Waals surface area contributed by atoms with E-state index in [1.54, 1.807) is 5.57 Å². The number of rotatable bonds is 0. The van der Waals surface area contributed by atoms with Gasteiger partial charge in [-0.3, -0.25) is 0 Å². The van der Waals surface area contributed by atoms with Crippen LogP contribution in [0.3, 0.4) is 0 Å². The van der Waals surface area contributed by atoms with Gasteiger partial charge in [0.25, 0.3) is 0 Å². The van der Waals surface area contributed by atoms with E-state index in [0.29, 0.717) is 16.7 Å². The molecule has 0 aromatic heterocycles. The van der Waals surface area contributed by atoms with E-state index in [1.807, 2.05) is 0 Å². The number of hydrogen-bond donors (Lipinski definition) is 1. The van der Waals surface area contributed by atoms with Crippen LogP contribution in [0.4, 0.5) is 0 Å². The van der Waals surface area contributed by atoms with Gasteiger partial charge in [-0.1, -0.05) is 38.3 Å². The topological polar surface area (TPSA) is 20.2 Å². The molecule has 0 aromatic carbocycles. The summed E-state index contributed by atoms with van der Waals surface area (Å²) in [5.74, 6) is 2.10. The van der Waals surface area contributed by atoms with E-state index in [1.165, 1.54) is 57.8 Å². The third kappa shape index (κ3) is 1.65. The minimum Gasteiger partial charge on any atom is -0.389 e. The van der Waals surface area contributed by atoms with Crippen LogP contribution in [0.15, 0.2) is 11.6 Å². The van der Waals surface area contributed by atoms with Crippen LogP contribution in [-0.4, -0.2) is 11.2 Å². The van der Waals surface area contributed by atoms with Crippen LogP contribution in [0.25, 0.3) is 0 Å². The first-order valence-corrected chi connectivity index (χ1v) is 8.94. The molecule has 1 heteroatoms. The fourth-order valence-electron chi connectivity index (χ4n) is 6.67. The summed E-state index contributed by atoms with van der Waals surface area (Å²) >= 11 is 0. The van der Waals surface area contributed by atoms with E-state index < -0.39 is 0 Å². The Morgan fingerprint density at radius 2 is 1.85 bits per heavy atom. The Bertz CT molecular complexity index is 439. The lowest BCUT2D eigenvalue weighted by Crippen LogP contribution is -2.52. The third-order valence-corrected chi connectivity index (χ3v) is 7.82. The molecule has 6 atom stereocenters. The first-order valence-electron chi connectivity index (χ1n) is 8.94. The Morgan fingerprint density at radius 1 is 1.00 bits per heavy atom. The Hall–Kier alpha value is -0.300. The molecule has 1 N–H and O–H groups in total. The van der Waals surface area contributed by atoms with Gasteiger partial charge in [-0.25, -0.2) is 0 Å². The highest BCUT2D eigenvalue weighted by Crippen LogP contribution is 2.64. The molecule has 1 unspecified atom stereocenters. The lowest BCUT2D eigenvalue weighted by molar-refractivity contribution is -0.0762. The van der Waals surface area contributed by atoms with Crippen molar-refractivity contribution in [2.24, 2.45) is 28.6 Å². The summed E-state index contributed by atoms with van der Waals surface area (Å²) in [5, 5.41) is 10.8. The average Bonchev–Trinajstić information content (AvgIpc) is 2.81. The zero-order valence-corrected chi connectivity index (χ0v) is 13.2. The largest absolute Gasteiger partial charge is 0.389 e. The normalized spacial score (nSPS) is 54.6. The summed E-state index contributed by atoms with van der Waals surface area (Å²) in [5.41, 5.74) is 2.57. The summed E-state index contributed by atoms with van der Waals surface area (Å²) in [4.78, 5) is 0. The summed E-state index contributed by atoms with van der Waals surface area (Å²) in [7, 11) is 0. The minimum absolute atomic E-state index is 0.149. The molecule has 3 saturated carbocycles. The molecule has 0 spiro atoms. The molecule has 4 aliphatic rings. The van der Waals surface area contributed by atoms with Crippen molar-refractivity contribution in [3.63, 3.8) is 0 Å². The molecule has 0 bridgehead atoms. The van der Waals surface area contributed by atoms with Gasteiger partial charge in [0.2, 0.25) is 0 Å². The highest BCUT2D eigenvalue weighted by atomic mass is 16.3. The van der Waals surface area contributed by atoms with Crippen LogP contribution >= 0.6 is 0 Å². The van der Waals surface area contributed by atoms with Crippen molar-refractivity contribution >= 4 is 0 Å². The zero-order valence-electron chi connectivity index (χ0n) is 13.2. The predicted molar refractivity (Wildman–Crippen MR) is 82.3 cm³/mol. The van der Waals surface area contributed by atoms with E-state index in [0.717, 1.165) is 11.8 Å². The summed E-state index contributed by atoms with van der Waals surface area (Å²) in [6.07, 6.45) is 14.4. The van der Waals surface area contributed by atoms with Gasteiger partial charge < -0.3 is 5.11 Å². The van der Waals surface area contributed by atoms with E-state index >= 15 is 0 Å². The monoisotopic (exact) mass is 274 g/mol. The van der Waals surface area contributed by atoms with Crippen molar-refractivity contribution in [2.45, 2.75) is 77.7 Å².